The molecule has 0 radical (unpaired) electrons. The summed E-state index contributed by atoms with van der Waals surface area (Å²) in [7, 11) is -4.21. The smallest absolute Gasteiger partial charge is 0.342 e. The van der Waals surface area contributed by atoms with Gasteiger partial charge in [0.05, 0.1) is 4.90 Å². The van der Waals surface area contributed by atoms with Crippen molar-refractivity contribution in [2.24, 2.45) is 0 Å². The minimum atomic E-state index is -4.21. The minimum Gasteiger partial charge on any atom is -0.456 e. The Hall–Kier alpha value is -3.32. The molecule has 2 atom stereocenters. The fraction of sp³-hybridized carbons (Fsp3) is 0.389. The molecule has 0 aliphatic carbocycles. The van der Waals surface area contributed by atoms with Gasteiger partial charge in [0.15, 0.2) is 18.5 Å². The molecule has 0 saturated heterocycles. The summed E-state index contributed by atoms with van der Waals surface area (Å²) in [5.41, 5.74) is 0.841. The first-order chi connectivity index (χ1) is 14.5. The molecule has 0 bridgehead atoms. The lowest BCUT2D eigenvalue weighted by Crippen LogP contribution is -2.41. The predicted octanol–water partition coefficient (Wildman–Crippen LogP) is 1.37. The summed E-state index contributed by atoms with van der Waals surface area (Å²) in [5, 5.41) is 11.1. The van der Waals surface area contributed by atoms with Crippen LogP contribution in [-0.2, 0) is 39.9 Å². The van der Waals surface area contributed by atoms with Gasteiger partial charge in [-0.15, -0.1) is 0 Å². The number of nitro groups is 1. The number of nitrogens with zero attached hydrogens (tertiary/aromatic N) is 3. The Kier molecular flexibility index (Phi) is 7.83. The van der Waals surface area contributed by atoms with E-state index in [1.807, 2.05) is 0 Å². The molecule has 2 rings (SSSR count). The number of hydrogen-bond acceptors (Lipinski definition) is 10. The fourth-order valence-corrected chi connectivity index (χ4v) is 3.52. The third kappa shape index (κ3) is 6.86. The number of hydrogen-bond donors (Lipinski definition) is 0. The van der Waals surface area contributed by atoms with Crippen LogP contribution < -0.4 is 0 Å². The van der Waals surface area contributed by atoms with Crippen molar-refractivity contribution in [3.63, 3.8) is 0 Å². The molecule has 2 unspecified atom stereocenters. The van der Waals surface area contributed by atoms with Gasteiger partial charge in [0.2, 0.25) is 0 Å². The molecule has 2 aromatic rings. The number of ether oxygens (including phenoxy) is 2. The van der Waals surface area contributed by atoms with Crippen LogP contribution in [0.1, 0.15) is 19.4 Å². The molecule has 13 heteroatoms. The Morgan fingerprint density at radius 1 is 1.13 bits per heavy atom. The van der Waals surface area contributed by atoms with Gasteiger partial charge >= 0.3 is 17.8 Å². The maximum absolute atomic E-state index is 12.5. The summed E-state index contributed by atoms with van der Waals surface area (Å²) in [6.45, 7) is 2.93. The molecule has 0 aliphatic heterocycles. The second-order valence-corrected chi connectivity index (χ2v) is 8.12. The molecule has 0 fully saturated rings. The monoisotopic (exact) mass is 455 g/mol. The molecule has 31 heavy (non-hydrogen) atoms. The lowest BCUT2D eigenvalue weighted by atomic mass is 10.2. The zero-order chi connectivity index (χ0) is 23.2. The highest BCUT2D eigenvalue weighted by Gasteiger charge is 2.33. The van der Waals surface area contributed by atoms with Crippen LogP contribution in [0.4, 0.5) is 5.82 Å². The summed E-state index contributed by atoms with van der Waals surface area (Å²) < 4.78 is 41.3. The van der Waals surface area contributed by atoms with E-state index in [1.54, 1.807) is 19.1 Å². The van der Waals surface area contributed by atoms with E-state index in [-0.39, 0.29) is 11.4 Å². The van der Waals surface area contributed by atoms with Crippen molar-refractivity contribution in [3.05, 3.63) is 52.5 Å². The van der Waals surface area contributed by atoms with E-state index in [0.29, 0.717) is 0 Å². The second-order valence-electron chi connectivity index (χ2n) is 6.51. The number of imidazole rings is 1. The highest BCUT2D eigenvalue weighted by molar-refractivity contribution is 7.86. The van der Waals surface area contributed by atoms with Crippen LogP contribution in [0.25, 0.3) is 0 Å². The molecule has 0 saturated carbocycles. The molecule has 12 nitrogen and oxygen atoms in total. The largest absolute Gasteiger partial charge is 0.456 e. The maximum Gasteiger partial charge on any atom is 0.342 e. The van der Waals surface area contributed by atoms with Gasteiger partial charge in [-0.1, -0.05) is 17.7 Å². The van der Waals surface area contributed by atoms with Gasteiger partial charge in [0.1, 0.15) is 19.3 Å². The highest BCUT2D eigenvalue weighted by atomic mass is 32.2. The van der Waals surface area contributed by atoms with Crippen molar-refractivity contribution in [2.45, 2.75) is 44.4 Å². The zero-order valence-electron chi connectivity index (χ0n) is 17.0. The van der Waals surface area contributed by atoms with Gasteiger partial charge in [0.25, 0.3) is 10.1 Å². The van der Waals surface area contributed by atoms with Crippen molar-refractivity contribution in [1.82, 2.24) is 9.55 Å². The number of aromatic nitrogens is 2. The Labute approximate surface area is 178 Å². The lowest BCUT2D eigenvalue weighted by molar-refractivity contribution is -0.392. The van der Waals surface area contributed by atoms with Crippen molar-refractivity contribution in [3.8, 4) is 0 Å². The Morgan fingerprint density at radius 3 is 2.26 bits per heavy atom. The molecule has 0 aliphatic rings. The minimum absolute atomic E-state index is 0.117. The van der Waals surface area contributed by atoms with Gasteiger partial charge in [-0.3, -0.25) is 13.8 Å². The highest BCUT2D eigenvalue weighted by Crippen LogP contribution is 2.18. The number of benzene rings is 1. The van der Waals surface area contributed by atoms with E-state index >= 15 is 0 Å². The first-order valence-electron chi connectivity index (χ1n) is 8.94. The molecular formula is C18H21N3O9S. The van der Waals surface area contributed by atoms with Crippen LogP contribution >= 0.6 is 0 Å². The SMILES string of the molecule is CC(=O)OC(COS(=O)(=O)c1ccc(C)cc1)C(Cn1cncc1[N+](=O)[O-])OC(C)=O. The number of rotatable bonds is 10. The van der Waals surface area contributed by atoms with Crippen LogP contribution in [0, 0.1) is 17.0 Å². The van der Waals surface area contributed by atoms with E-state index in [4.69, 9.17) is 13.7 Å². The number of esters is 2. The average Bonchev–Trinajstić information content (AvgIpc) is 3.13. The molecule has 1 aromatic heterocycles. The first kappa shape index (κ1) is 24.0. The van der Waals surface area contributed by atoms with Crippen molar-refractivity contribution in [1.29, 1.82) is 0 Å². The van der Waals surface area contributed by atoms with Crippen molar-refractivity contribution >= 4 is 27.9 Å². The zero-order valence-corrected chi connectivity index (χ0v) is 17.8. The topological polar surface area (TPSA) is 157 Å². The van der Waals surface area contributed by atoms with E-state index in [1.165, 1.54) is 12.1 Å². The van der Waals surface area contributed by atoms with Gasteiger partial charge in [-0.2, -0.15) is 8.42 Å². The van der Waals surface area contributed by atoms with Crippen LogP contribution in [0.2, 0.25) is 0 Å². The Balaban J connectivity index is 2.27. The molecule has 168 valence electrons. The van der Waals surface area contributed by atoms with E-state index in [2.05, 4.69) is 4.98 Å². The van der Waals surface area contributed by atoms with Crippen LogP contribution in [0.5, 0.6) is 0 Å². The second kappa shape index (κ2) is 10.1. The molecule has 0 amide bonds. The number of aryl methyl sites for hydroxylation is 1. The molecule has 1 aromatic carbocycles. The van der Waals surface area contributed by atoms with Gasteiger partial charge in [-0.05, 0) is 24.0 Å². The average molecular weight is 455 g/mol. The summed E-state index contributed by atoms with van der Waals surface area (Å²) in [6, 6.07) is 5.87. The van der Waals surface area contributed by atoms with Crippen molar-refractivity contribution < 1.29 is 36.6 Å². The van der Waals surface area contributed by atoms with Crippen LogP contribution in [-0.4, -0.2) is 53.6 Å². The lowest BCUT2D eigenvalue weighted by Gasteiger charge is -2.25. The third-order valence-corrected chi connectivity index (χ3v) is 5.30. The molecule has 1 heterocycles. The van der Waals surface area contributed by atoms with Gasteiger partial charge in [0, 0.05) is 13.8 Å². The quantitative estimate of drug-likeness (QED) is 0.222. The predicted molar refractivity (Wildman–Crippen MR) is 104 cm³/mol. The van der Waals surface area contributed by atoms with Crippen LogP contribution in [0.3, 0.4) is 0 Å². The third-order valence-electron chi connectivity index (χ3n) is 4.00. The molecule has 0 N–H and O–H groups in total. The van der Waals surface area contributed by atoms with E-state index in [9.17, 15) is 28.1 Å². The number of carbonyl (C=O) groups excluding carboxylic acids is 2. The van der Waals surface area contributed by atoms with E-state index < -0.39 is 51.6 Å². The van der Waals surface area contributed by atoms with Crippen LogP contribution in [0.15, 0.2) is 41.7 Å². The Bertz CT molecular complexity index is 1050. The first-order valence-corrected chi connectivity index (χ1v) is 10.4. The summed E-state index contributed by atoms with van der Waals surface area (Å²) in [5.74, 6) is -1.96. The summed E-state index contributed by atoms with van der Waals surface area (Å²) in [4.78, 5) is 37.1. The molecule has 0 spiro atoms. The standard InChI is InChI=1S/C18H21N3O9S/c1-12-4-6-15(7-5-12)31(26,27)28-10-17(30-14(3)23)16(29-13(2)22)9-20-11-19-8-18(20)21(24)25/h4-8,11,16-17H,9-10H2,1-3H3. The van der Waals surface area contributed by atoms with Gasteiger partial charge in [-0.25, -0.2) is 9.55 Å². The Morgan fingerprint density at radius 2 is 1.71 bits per heavy atom. The normalized spacial score (nSPS) is 13.3. The summed E-state index contributed by atoms with van der Waals surface area (Å²) >= 11 is 0. The van der Waals surface area contributed by atoms with Crippen molar-refractivity contribution in [2.75, 3.05) is 6.61 Å². The molecular weight excluding hydrogens is 434 g/mol. The number of carbonyl (C=O) groups is 2. The summed E-state index contributed by atoms with van der Waals surface area (Å²) in [6.07, 6.45) is -0.543. The van der Waals surface area contributed by atoms with Gasteiger partial charge < -0.3 is 19.6 Å². The van der Waals surface area contributed by atoms with E-state index in [0.717, 1.165) is 36.5 Å². The fourth-order valence-electron chi connectivity index (χ4n) is 2.60. The maximum atomic E-state index is 12.5.